The van der Waals surface area contributed by atoms with Gasteiger partial charge in [0.25, 0.3) is 0 Å². The van der Waals surface area contributed by atoms with Crippen molar-refractivity contribution < 1.29 is 24.2 Å². The second kappa shape index (κ2) is 8.71. The summed E-state index contributed by atoms with van der Waals surface area (Å²) in [4.78, 5) is 34.8. The number of carboxylic acid groups (broad SMARTS) is 1. The lowest BCUT2D eigenvalue weighted by molar-refractivity contribution is -0.137. The fraction of sp³-hybridized carbons (Fsp3) is 0.316. The lowest BCUT2D eigenvalue weighted by Gasteiger charge is -2.15. The normalized spacial score (nSPS) is 13.0. The first-order valence-electron chi connectivity index (χ1n) is 8.09. The van der Waals surface area contributed by atoms with Crippen LogP contribution in [0.5, 0.6) is 5.75 Å². The molecule has 2 aromatic rings. The zero-order chi connectivity index (χ0) is 19.3. The smallest absolute Gasteiger partial charge is 0.322 e. The van der Waals surface area contributed by atoms with Crippen LogP contribution in [0.15, 0.2) is 36.4 Å². The fourth-order valence-corrected chi connectivity index (χ4v) is 3.29. The van der Waals surface area contributed by atoms with Gasteiger partial charge in [-0.2, -0.15) is 0 Å². The fourth-order valence-electron chi connectivity index (χ4n) is 2.41. The van der Waals surface area contributed by atoms with E-state index in [9.17, 15) is 14.4 Å². The molecule has 138 valence electrons. The van der Waals surface area contributed by atoms with E-state index in [4.69, 9.17) is 9.84 Å². The van der Waals surface area contributed by atoms with E-state index in [1.807, 2.05) is 36.4 Å². The van der Waals surface area contributed by atoms with Crippen LogP contribution in [0.4, 0.5) is 0 Å². The van der Waals surface area contributed by atoms with Crippen LogP contribution in [-0.4, -0.2) is 41.0 Å². The molecule has 2 N–H and O–H groups in total. The van der Waals surface area contributed by atoms with E-state index in [1.165, 1.54) is 0 Å². The number of thioether (sulfide) groups is 1. The number of ether oxygens (including phenoxy) is 1. The SMILES string of the molecule is COc1ccc2cc(C(C)C(=O)SC(C)C(=O)NCC(=O)O)ccc2c1. The van der Waals surface area contributed by atoms with Crippen LogP contribution in [0.3, 0.4) is 0 Å². The Balaban J connectivity index is 2.06. The summed E-state index contributed by atoms with van der Waals surface area (Å²) in [7, 11) is 1.61. The third-order valence-electron chi connectivity index (χ3n) is 4.00. The molecular weight excluding hydrogens is 354 g/mol. The predicted octanol–water partition coefficient (Wildman–Crippen LogP) is 2.80. The number of hydrogen-bond acceptors (Lipinski definition) is 5. The van der Waals surface area contributed by atoms with Gasteiger partial charge in [-0.15, -0.1) is 0 Å². The van der Waals surface area contributed by atoms with Gasteiger partial charge in [0.05, 0.1) is 18.3 Å². The number of hydrogen-bond donors (Lipinski definition) is 2. The minimum absolute atomic E-state index is 0.143. The van der Waals surface area contributed by atoms with Gasteiger partial charge >= 0.3 is 5.97 Å². The molecule has 0 spiro atoms. The number of methoxy groups -OCH3 is 1. The highest BCUT2D eigenvalue weighted by Crippen LogP contribution is 2.29. The Morgan fingerprint density at radius 1 is 1.12 bits per heavy atom. The minimum Gasteiger partial charge on any atom is -0.497 e. The molecule has 0 aliphatic rings. The number of aliphatic carboxylic acids is 1. The van der Waals surface area contributed by atoms with Gasteiger partial charge in [0, 0.05) is 0 Å². The molecular formula is C19H21NO5S. The lowest BCUT2D eigenvalue weighted by atomic mass is 9.99. The van der Waals surface area contributed by atoms with E-state index in [0.717, 1.165) is 33.8 Å². The highest BCUT2D eigenvalue weighted by Gasteiger charge is 2.23. The number of rotatable bonds is 7. The average Bonchev–Trinajstić information content (AvgIpc) is 2.64. The van der Waals surface area contributed by atoms with Crippen molar-refractivity contribution in [3.8, 4) is 5.75 Å². The molecule has 6 nitrogen and oxygen atoms in total. The molecule has 2 unspecified atom stereocenters. The van der Waals surface area contributed by atoms with Crippen LogP contribution >= 0.6 is 11.8 Å². The third-order valence-corrected chi connectivity index (χ3v) is 5.15. The van der Waals surface area contributed by atoms with Gasteiger partial charge < -0.3 is 15.2 Å². The van der Waals surface area contributed by atoms with Crippen molar-refractivity contribution in [2.75, 3.05) is 13.7 Å². The Morgan fingerprint density at radius 2 is 1.77 bits per heavy atom. The number of amides is 1. The van der Waals surface area contributed by atoms with Crippen LogP contribution in [0, 0.1) is 0 Å². The van der Waals surface area contributed by atoms with E-state index in [0.29, 0.717) is 0 Å². The number of benzene rings is 2. The molecule has 2 aromatic carbocycles. The van der Waals surface area contributed by atoms with Crippen LogP contribution in [0.25, 0.3) is 10.8 Å². The molecule has 2 atom stereocenters. The maximum atomic E-state index is 12.5. The highest BCUT2D eigenvalue weighted by molar-refractivity contribution is 8.14. The van der Waals surface area contributed by atoms with Crippen molar-refractivity contribution in [1.82, 2.24) is 5.32 Å². The summed E-state index contributed by atoms with van der Waals surface area (Å²) in [6.07, 6.45) is 0. The molecule has 0 aromatic heterocycles. The molecule has 0 aliphatic heterocycles. The third kappa shape index (κ3) is 4.98. The minimum atomic E-state index is -1.12. The van der Waals surface area contributed by atoms with Crippen molar-refractivity contribution in [3.05, 3.63) is 42.0 Å². The monoisotopic (exact) mass is 375 g/mol. The quantitative estimate of drug-likeness (QED) is 0.773. The van der Waals surface area contributed by atoms with Crippen LogP contribution in [0.2, 0.25) is 0 Å². The maximum absolute atomic E-state index is 12.5. The topological polar surface area (TPSA) is 92.7 Å². The van der Waals surface area contributed by atoms with E-state index in [-0.39, 0.29) is 11.0 Å². The summed E-state index contributed by atoms with van der Waals surface area (Å²) in [5.74, 6) is -1.21. The molecule has 1 amide bonds. The van der Waals surface area contributed by atoms with Gasteiger partial charge in [0.1, 0.15) is 12.3 Å². The largest absolute Gasteiger partial charge is 0.497 e. The number of fused-ring (bicyclic) bond motifs is 1. The Morgan fingerprint density at radius 3 is 2.42 bits per heavy atom. The van der Waals surface area contributed by atoms with Crippen molar-refractivity contribution in [2.24, 2.45) is 0 Å². The van der Waals surface area contributed by atoms with Crippen molar-refractivity contribution >= 4 is 39.5 Å². The second-order valence-electron chi connectivity index (χ2n) is 5.88. The zero-order valence-electron chi connectivity index (χ0n) is 14.8. The number of carbonyl (C=O) groups excluding carboxylic acids is 2. The van der Waals surface area contributed by atoms with Gasteiger partial charge in [-0.3, -0.25) is 14.4 Å². The number of carbonyl (C=O) groups is 3. The second-order valence-corrected chi connectivity index (χ2v) is 7.23. The van der Waals surface area contributed by atoms with Crippen LogP contribution in [-0.2, 0) is 14.4 Å². The standard InChI is InChI=1S/C19H21NO5S/c1-11(19(24)26-12(2)18(23)20-10-17(21)22)13-4-5-15-9-16(25-3)7-6-14(15)8-13/h4-9,11-12H,10H2,1-3H3,(H,20,23)(H,21,22). The molecule has 0 bridgehead atoms. The molecule has 26 heavy (non-hydrogen) atoms. The maximum Gasteiger partial charge on any atom is 0.322 e. The summed E-state index contributed by atoms with van der Waals surface area (Å²) in [6, 6.07) is 11.5. The van der Waals surface area contributed by atoms with E-state index in [2.05, 4.69) is 5.32 Å². The Hall–Kier alpha value is -2.54. The molecule has 0 aliphatic carbocycles. The van der Waals surface area contributed by atoms with Gasteiger partial charge in [-0.05, 0) is 35.4 Å². The van der Waals surface area contributed by atoms with Crippen molar-refractivity contribution in [1.29, 1.82) is 0 Å². The van der Waals surface area contributed by atoms with E-state index >= 15 is 0 Å². The molecule has 2 rings (SSSR count). The van der Waals surface area contributed by atoms with Crippen LogP contribution in [0.1, 0.15) is 25.3 Å². The summed E-state index contributed by atoms with van der Waals surface area (Å²) < 4.78 is 5.21. The molecule has 0 radical (unpaired) electrons. The van der Waals surface area contributed by atoms with Gasteiger partial charge in [0.15, 0.2) is 5.12 Å². The predicted molar refractivity (Wildman–Crippen MR) is 102 cm³/mol. The first-order valence-corrected chi connectivity index (χ1v) is 8.97. The zero-order valence-corrected chi connectivity index (χ0v) is 15.6. The molecule has 0 saturated carbocycles. The Kier molecular flexibility index (Phi) is 6.63. The first-order chi connectivity index (χ1) is 12.3. The van der Waals surface area contributed by atoms with Gasteiger partial charge in [-0.1, -0.05) is 43.0 Å². The molecule has 0 fully saturated rings. The number of carboxylic acids is 1. The highest BCUT2D eigenvalue weighted by atomic mass is 32.2. The summed E-state index contributed by atoms with van der Waals surface area (Å²) in [5.41, 5.74) is 0.860. The first kappa shape index (κ1) is 19.8. The summed E-state index contributed by atoms with van der Waals surface area (Å²) >= 11 is 0.910. The Bertz CT molecular complexity index is 836. The summed E-state index contributed by atoms with van der Waals surface area (Å²) in [5, 5.41) is 12.1. The van der Waals surface area contributed by atoms with Gasteiger partial charge in [0.2, 0.25) is 5.91 Å². The lowest BCUT2D eigenvalue weighted by Crippen LogP contribution is -2.35. The Labute approximate surface area is 155 Å². The number of nitrogens with one attached hydrogen (secondary N) is 1. The van der Waals surface area contributed by atoms with Crippen molar-refractivity contribution in [3.63, 3.8) is 0 Å². The van der Waals surface area contributed by atoms with Gasteiger partial charge in [-0.25, -0.2) is 0 Å². The molecule has 7 heteroatoms. The van der Waals surface area contributed by atoms with E-state index < -0.39 is 23.7 Å². The molecule has 0 heterocycles. The van der Waals surface area contributed by atoms with Crippen LogP contribution < -0.4 is 10.1 Å². The molecule has 0 saturated heterocycles. The van der Waals surface area contributed by atoms with E-state index in [1.54, 1.807) is 21.0 Å². The summed E-state index contributed by atoms with van der Waals surface area (Å²) in [6.45, 7) is 2.92. The van der Waals surface area contributed by atoms with Crippen molar-refractivity contribution in [2.45, 2.75) is 25.0 Å². The average molecular weight is 375 g/mol.